The van der Waals surface area contributed by atoms with Crippen LogP contribution < -0.4 is 0 Å². The van der Waals surface area contributed by atoms with Gasteiger partial charge in [0.05, 0.1) is 6.04 Å². The average molecular weight is 326 g/mol. The number of fused-ring (bicyclic) bond motifs is 1. The lowest BCUT2D eigenvalue weighted by molar-refractivity contribution is 0.189. The third-order valence-corrected chi connectivity index (χ3v) is 4.68. The molecule has 0 fully saturated rings. The summed E-state index contributed by atoms with van der Waals surface area (Å²) < 4.78 is 18.6. The number of aryl methyl sites for hydroxylation is 1. The third kappa shape index (κ3) is 2.63. The molecule has 6 heteroatoms. The lowest BCUT2D eigenvalue weighted by Crippen LogP contribution is -2.31. The second kappa shape index (κ2) is 5.87. The maximum Gasteiger partial charge on any atom is 0.243 e. The van der Waals surface area contributed by atoms with Gasteiger partial charge in [0.15, 0.2) is 5.82 Å². The molecule has 0 amide bonds. The minimum atomic E-state index is -0.219. The summed E-state index contributed by atoms with van der Waals surface area (Å²) in [5.41, 5.74) is 3.28. The van der Waals surface area contributed by atoms with Gasteiger partial charge in [-0.1, -0.05) is 11.2 Å². The SMILES string of the molecule is Cc1noc([C@@H](C)N2CC=C(c3c[nH]c4cc(F)ccc34)CC2)n1. The van der Waals surface area contributed by atoms with E-state index >= 15 is 0 Å². The lowest BCUT2D eigenvalue weighted by atomic mass is 9.98. The summed E-state index contributed by atoms with van der Waals surface area (Å²) in [6.45, 7) is 5.65. The first-order valence-corrected chi connectivity index (χ1v) is 8.12. The highest BCUT2D eigenvalue weighted by molar-refractivity contribution is 5.92. The Bertz CT molecular complexity index is 911. The third-order valence-electron chi connectivity index (χ3n) is 4.68. The van der Waals surface area contributed by atoms with Gasteiger partial charge >= 0.3 is 0 Å². The second-order valence-corrected chi connectivity index (χ2v) is 6.22. The van der Waals surface area contributed by atoms with E-state index < -0.39 is 0 Å². The molecular formula is C18H19FN4O. The smallest absolute Gasteiger partial charge is 0.243 e. The van der Waals surface area contributed by atoms with Gasteiger partial charge in [0.25, 0.3) is 0 Å². The molecule has 1 aliphatic heterocycles. The van der Waals surface area contributed by atoms with E-state index in [4.69, 9.17) is 4.52 Å². The van der Waals surface area contributed by atoms with Crippen molar-refractivity contribution in [3.8, 4) is 0 Å². The summed E-state index contributed by atoms with van der Waals surface area (Å²) in [6, 6.07) is 4.98. The Morgan fingerprint density at radius 3 is 2.96 bits per heavy atom. The summed E-state index contributed by atoms with van der Waals surface area (Å²) in [5, 5.41) is 4.93. The molecule has 0 saturated heterocycles. The Hall–Kier alpha value is -2.47. The molecule has 1 N–H and O–H groups in total. The van der Waals surface area contributed by atoms with Gasteiger partial charge in [-0.3, -0.25) is 4.90 Å². The Morgan fingerprint density at radius 1 is 1.38 bits per heavy atom. The van der Waals surface area contributed by atoms with Crippen LogP contribution in [0.3, 0.4) is 0 Å². The van der Waals surface area contributed by atoms with Crippen LogP contribution in [0.1, 0.15) is 36.7 Å². The van der Waals surface area contributed by atoms with Crippen LogP contribution in [0.15, 0.2) is 35.0 Å². The van der Waals surface area contributed by atoms with E-state index in [1.807, 2.05) is 19.2 Å². The van der Waals surface area contributed by atoms with E-state index in [-0.39, 0.29) is 11.9 Å². The van der Waals surface area contributed by atoms with Crippen LogP contribution in [0.4, 0.5) is 4.39 Å². The van der Waals surface area contributed by atoms with E-state index in [9.17, 15) is 4.39 Å². The van der Waals surface area contributed by atoms with E-state index in [0.29, 0.717) is 11.7 Å². The molecule has 0 unspecified atom stereocenters. The normalized spacial score (nSPS) is 17.2. The number of rotatable bonds is 3. The zero-order valence-corrected chi connectivity index (χ0v) is 13.7. The molecule has 3 heterocycles. The average Bonchev–Trinajstić information content (AvgIpc) is 3.20. The van der Waals surface area contributed by atoms with Gasteiger partial charge in [-0.05, 0) is 44.0 Å². The Kier molecular flexibility index (Phi) is 3.69. The van der Waals surface area contributed by atoms with Crippen molar-refractivity contribution in [1.29, 1.82) is 0 Å². The molecule has 2 aromatic heterocycles. The maximum atomic E-state index is 13.3. The fraction of sp³-hybridized carbons (Fsp3) is 0.333. The van der Waals surface area contributed by atoms with E-state index in [0.717, 1.165) is 36.0 Å². The first-order valence-electron chi connectivity index (χ1n) is 8.12. The molecule has 0 saturated carbocycles. The molecule has 5 nitrogen and oxygen atoms in total. The summed E-state index contributed by atoms with van der Waals surface area (Å²) >= 11 is 0. The Balaban J connectivity index is 1.55. The highest BCUT2D eigenvalue weighted by atomic mass is 19.1. The number of halogens is 1. The molecule has 0 spiro atoms. The molecule has 1 aliphatic rings. The summed E-state index contributed by atoms with van der Waals surface area (Å²) in [6.07, 6.45) is 5.13. The zero-order chi connectivity index (χ0) is 16.7. The first kappa shape index (κ1) is 15.1. The quantitative estimate of drug-likeness (QED) is 0.794. The van der Waals surface area contributed by atoms with Gasteiger partial charge in [-0.2, -0.15) is 4.98 Å². The summed E-state index contributed by atoms with van der Waals surface area (Å²) in [4.78, 5) is 9.79. The van der Waals surface area contributed by atoms with Gasteiger partial charge in [0.2, 0.25) is 5.89 Å². The number of aromatic nitrogens is 3. The van der Waals surface area contributed by atoms with Gasteiger partial charge in [-0.15, -0.1) is 0 Å². The minimum Gasteiger partial charge on any atom is -0.360 e. The van der Waals surface area contributed by atoms with Crippen molar-refractivity contribution in [2.45, 2.75) is 26.3 Å². The van der Waals surface area contributed by atoms with Crippen molar-refractivity contribution < 1.29 is 8.91 Å². The van der Waals surface area contributed by atoms with Crippen molar-refractivity contribution >= 4 is 16.5 Å². The van der Waals surface area contributed by atoms with Crippen LogP contribution >= 0.6 is 0 Å². The molecule has 0 bridgehead atoms. The van der Waals surface area contributed by atoms with E-state index in [1.165, 1.54) is 17.7 Å². The van der Waals surface area contributed by atoms with Crippen LogP contribution in [0.2, 0.25) is 0 Å². The number of H-pyrrole nitrogens is 1. The van der Waals surface area contributed by atoms with E-state index in [2.05, 4.69) is 33.0 Å². The van der Waals surface area contributed by atoms with Gasteiger partial charge < -0.3 is 9.51 Å². The van der Waals surface area contributed by atoms with Crippen molar-refractivity contribution in [1.82, 2.24) is 20.0 Å². The van der Waals surface area contributed by atoms with Crippen molar-refractivity contribution in [3.05, 3.63) is 53.6 Å². The number of nitrogens with one attached hydrogen (secondary N) is 1. The topological polar surface area (TPSA) is 58.0 Å². The lowest BCUT2D eigenvalue weighted by Gasteiger charge is -2.29. The number of aromatic amines is 1. The zero-order valence-electron chi connectivity index (χ0n) is 13.7. The second-order valence-electron chi connectivity index (χ2n) is 6.22. The van der Waals surface area contributed by atoms with Crippen molar-refractivity contribution in [2.75, 3.05) is 13.1 Å². The molecule has 124 valence electrons. The molecule has 1 atom stereocenters. The Morgan fingerprint density at radius 2 is 2.25 bits per heavy atom. The fourth-order valence-electron chi connectivity index (χ4n) is 3.28. The van der Waals surface area contributed by atoms with Crippen LogP contribution in [-0.2, 0) is 0 Å². The maximum absolute atomic E-state index is 13.3. The van der Waals surface area contributed by atoms with Crippen LogP contribution in [0, 0.1) is 12.7 Å². The predicted octanol–water partition coefficient (Wildman–Crippen LogP) is 3.85. The monoisotopic (exact) mass is 326 g/mol. The van der Waals surface area contributed by atoms with Crippen molar-refractivity contribution in [3.63, 3.8) is 0 Å². The van der Waals surface area contributed by atoms with Crippen LogP contribution in [0.25, 0.3) is 16.5 Å². The first-order chi connectivity index (χ1) is 11.6. The van der Waals surface area contributed by atoms with Gasteiger partial charge in [0, 0.05) is 35.8 Å². The molecular weight excluding hydrogens is 307 g/mol. The molecule has 1 aromatic carbocycles. The number of hydrogen-bond acceptors (Lipinski definition) is 4. The largest absolute Gasteiger partial charge is 0.360 e. The van der Waals surface area contributed by atoms with Crippen molar-refractivity contribution in [2.24, 2.45) is 0 Å². The molecule has 3 aromatic rings. The highest BCUT2D eigenvalue weighted by Crippen LogP contribution is 2.31. The standard InChI is InChI=1S/C18H19FN4O/c1-11(18-21-12(2)22-24-18)23-7-5-13(6-8-23)16-10-20-17-9-14(19)3-4-15(16)17/h3-5,9-11,20H,6-8H2,1-2H3/t11-/m1/s1. The number of nitrogens with zero attached hydrogens (tertiary/aromatic N) is 3. The number of benzene rings is 1. The predicted molar refractivity (Wildman–Crippen MR) is 89.9 cm³/mol. The molecule has 24 heavy (non-hydrogen) atoms. The van der Waals surface area contributed by atoms with Crippen LogP contribution in [0.5, 0.6) is 0 Å². The Labute approximate surface area is 139 Å². The highest BCUT2D eigenvalue weighted by Gasteiger charge is 2.24. The molecule has 0 aliphatic carbocycles. The van der Waals surface area contributed by atoms with Gasteiger partial charge in [0.1, 0.15) is 5.82 Å². The summed E-state index contributed by atoms with van der Waals surface area (Å²) in [5.74, 6) is 1.10. The fourth-order valence-corrected chi connectivity index (χ4v) is 3.28. The van der Waals surface area contributed by atoms with Gasteiger partial charge in [-0.25, -0.2) is 4.39 Å². The summed E-state index contributed by atoms with van der Waals surface area (Å²) in [7, 11) is 0. The van der Waals surface area contributed by atoms with Crippen LogP contribution in [-0.4, -0.2) is 33.1 Å². The van der Waals surface area contributed by atoms with E-state index in [1.54, 1.807) is 0 Å². The number of hydrogen-bond donors (Lipinski definition) is 1. The molecule has 0 radical (unpaired) electrons. The minimum absolute atomic E-state index is 0.0982. The molecule has 4 rings (SSSR count).